The smallest absolute Gasteiger partial charge is 0.134 e. The highest BCUT2D eigenvalue weighted by atomic mass is 32.1. The van der Waals surface area contributed by atoms with Crippen LogP contribution in [0.15, 0.2) is 11.6 Å². The molecule has 0 aliphatic carbocycles. The lowest BCUT2D eigenvalue weighted by Gasteiger charge is -2.09. The predicted molar refractivity (Wildman–Crippen MR) is 69.0 cm³/mol. The molecule has 0 radical (unpaired) electrons. The van der Waals surface area contributed by atoms with Gasteiger partial charge in [-0.05, 0) is 20.8 Å². The van der Waals surface area contributed by atoms with Gasteiger partial charge >= 0.3 is 0 Å². The SMILES string of the molecule is Cc1nc(Cc2ncc([C@@H](C)N)c(C)n2)cs1. The zero-order valence-corrected chi connectivity index (χ0v) is 11.1. The summed E-state index contributed by atoms with van der Waals surface area (Å²) < 4.78 is 0. The Balaban J connectivity index is 2.20. The topological polar surface area (TPSA) is 64.7 Å². The van der Waals surface area contributed by atoms with Crippen molar-refractivity contribution in [2.45, 2.75) is 33.2 Å². The number of aromatic nitrogens is 3. The summed E-state index contributed by atoms with van der Waals surface area (Å²) in [6, 6.07) is -0.0226. The van der Waals surface area contributed by atoms with E-state index in [2.05, 4.69) is 15.0 Å². The minimum atomic E-state index is -0.0226. The molecular weight excluding hydrogens is 232 g/mol. The lowest BCUT2D eigenvalue weighted by molar-refractivity contribution is 0.775. The number of hydrogen-bond donors (Lipinski definition) is 1. The number of aryl methyl sites for hydroxylation is 2. The fraction of sp³-hybridized carbons (Fsp3) is 0.417. The molecule has 17 heavy (non-hydrogen) atoms. The summed E-state index contributed by atoms with van der Waals surface area (Å²) in [4.78, 5) is 13.2. The molecule has 0 unspecified atom stereocenters. The van der Waals surface area contributed by atoms with E-state index >= 15 is 0 Å². The van der Waals surface area contributed by atoms with E-state index in [9.17, 15) is 0 Å². The maximum atomic E-state index is 5.83. The molecule has 0 amide bonds. The second-order valence-corrected chi connectivity index (χ2v) is 5.21. The minimum absolute atomic E-state index is 0.0226. The van der Waals surface area contributed by atoms with E-state index in [0.717, 1.165) is 27.8 Å². The van der Waals surface area contributed by atoms with Crippen LogP contribution in [-0.2, 0) is 6.42 Å². The average Bonchev–Trinajstić information content (AvgIpc) is 2.63. The molecule has 2 rings (SSSR count). The highest BCUT2D eigenvalue weighted by Crippen LogP contribution is 2.14. The Bertz CT molecular complexity index is 519. The molecule has 5 heteroatoms. The number of thiazole rings is 1. The average molecular weight is 248 g/mol. The van der Waals surface area contributed by atoms with Gasteiger partial charge in [0.15, 0.2) is 0 Å². The Morgan fingerprint density at radius 3 is 2.65 bits per heavy atom. The number of nitrogens with zero attached hydrogens (tertiary/aromatic N) is 3. The van der Waals surface area contributed by atoms with Crippen molar-refractivity contribution in [3.05, 3.63) is 39.4 Å². The molecule has 2 N–H and O–H groups in total. The monoisotopic (exact) mass is 248 g/mol. The number of hydrogen-bond acceptors (Lipinski definition) is 5. The second kappa shape index (κ2) is 4.89. The van der Waals surface area contributed by atoms with Gasteiger partial charge in [-0.3, -0.25) is 0 Å². The van der Waals surface area contributed by atoms with E-state index in [4.69, 9.17) is 5.73 Å². The maximum absolute atomic E-state index is 5.83. The van der Waals surface area contributed by atoms with Gasteiger partial charge in [0, 0.05) is 28.9 Å². The van der Waals surface area contributed by atoms with Crippen LogP contribution in [-0.4, -0.2) is 15.0 Å². The first kappa shape index (κ1) is 12.1. The molecule has 0 aliphatic heterocycles. The Morgan fingerprint density at radius 2 is 2.12 bits per heavy atom. The fourth-order valence-electron chi connectivity index (χ4n) is 1.71. The van der Waals surface area contributed by atoms with Crippen molar-refractivity contribution in [3.8, 4) is 0 Å². The van der Waals surface area contributed by atoms with Gasteiger partial charge in [0.05, 0.1) is 17.1 Å². The summed E-state index contributed by atoms with van der Waals surface area (Å²) in [6.07, 6.45) is 2.51. The molecule has 0 spiro atoms. The Kier molecular flexibility index (Phi) is 3.49. The molecule has 2 aromatic rings. The molecule has 0 bridgehead atoms. The van der Waals surface area contributed by atoms with Crippen LogP contribution in [0.4, 0.5) is 0 Å². The van der Waals surface area contributed by atoms with Crippen LogP contribution in [0.2, 0.25) is 0 Å². The Labute approximate surface area is 105 Å². The summed E-state index contributed by atoms with van der Waals surface area (Å²) in [5.41, 5.74) is 8.82. The Morgan fingerprint density at radius 1 is 1.35 bits per heavy atom. The third kappa shape index (κ3) is 2.87. The normalized spacial score (nSPS) is 12.7. The first-order valence-corrected chi connectivity index (χ1v) is 6.43. The molecule has 90 valence electrons. The van der Waals surface area contributed by atoms with Crippen molar-refractivity contribution >= 4 is 11.3 Å². The van der Waals surface area contributed by atoms with Crippen LogP contribution >= 0.6 is 11.3 Å². The van der Waals surface area contributed by atoms with Crippen LogP contribution in [0.25, 0.3) is 0 Å². The molecule has 2 heterocycles. The van der Waals surface area contributed by atoms with E-state index in [1.165, 1.54) is 0 Å². The Hall–Kier alpha value is -1.33. The fourth-order valence-corrected chi connectivity index (χ4v) is 2.32. The van der Waals surface area contributed by atoms with Gasteiger partial charge < -0.3 is 5.73 Å². The summed E-state index contributed by atoms with van der Waals surface area (Å²) in [5, 5.41) is 3.12. The van der Waals surface area contributed by atoms with E-state index < -0.39 is 0 Å². The van der Waals surface area contributed by atoms with Crippen LogP contribution in [0.1, 0.15) is 40.7 Å². The van der Waals surface area contributed by atoms with Crippen molar-refractivity contribution in [2.75, 3.05) is 0 Å². The number of nitrogens with two attached hydrogens (primary N) is 1. The van der Waals surface area contributed by atoms with Crippen molar-refractivity contribution in [1.82, 2.24) is 15.0 Å². The van der Waals surface area contributed by atoms with E-state index in [1.807, 2.05) is 32.3 Å². The summed E-state index contributed by atoms with van der Waals surface area (Å²) in [6.45, 7) is 5.91. The van der Waals surface area contributed by atoms with Crippen molar-refractivity contribution in [3.63, 3.8) is 0 Å². The van der Waals surface area contributed by atoms with Crippen molar-refractivity contribution < 1.29 is 0 Å². The van der Waals surface area contributed by atoms with Gasteiger partial charge in [-0.25, -0.2) is 15.0 Å². The van der Waals surface area contributed by atoms with Gasteiger partial charge in [0.1, 0.15) is 5.82 Å². The standard InChI is InChI=1S/C12H16N4S/c1-7(13)11-5-14-12(15-8(11)2)4-10-6-17-9(3)16-10/h5-7H,4,13H2,1-3H3/t7-/m1/s1. The maximum Gasteiger partial charge on any atom is 0.134 e. The zero-order valence-electron chi connectivity index (χ0n) is 10.3. The van der Waals surface area contributed by atoms with Gasteiger partial charge in [-0.2, -0.15) is 0 Å². The van der Waals surface area contributed by atoms with Gasteiger partial charge in [0.2, 0.25) is 0 Å². The van der Waals surface area contributed by atoms with Crippen LogP contribution in [0.3, 0.4) is 0 Å². The molecule has 0 aliphatic rings. The van der Waals surface area contributed by atoms with Crippen LogP contribution in [0, 0.1) is 13.8 Å². The lowest BCUT2D eigenvalue weighted by atomic mass is 10.1. The first-order chi connectivity index (χ1) is 8.06. The van der Waals surface area contributed by atoms with Gasteiger partial charge in [-0.15, -0.1) is 11.3 Å². The molecule has 1 atom stereocenters. The molecule has 0 fully saturated rings. The minimum Gasteiger partial charge on any atom is -0.324 e. The number of rotatable bonds is 3. The zero-order chi connectivity index (χ0) is 12.4. The summed E-state index contributed by atoms with van der Waals surface area (Å²) >= 11 is 1.65. The van der Waals surface area contributed by atoms with Crippen LogP contribution < -0.4 is 5.73 Å². The first-order valence-electron chi connectivity index (χ1n) is 5.55. The lowest BCUT2D eigenvalue weighted by Crippen LogP contribution is -2.10. The second-order valence-electron chi connectivity index (χ2n) is 4.15. The van der Waals surface area contributed by atoms with Gasteiger partial charge in [-0.1, -0.05) is 0 Å². The van der Waals surface area contributed by atoms with E-state index in [1.54, 1.807) is 11.3 Å². The summed E-state index contributed by atoms with van der Waals surface area (Å²) in [5.74, 6) is 0.803. The largest absolute Gasteiger partial charge is 0.324 e. The quantitative estimate of drug-likeness (QED) is 0.904. The third-order valence-corrected chi connectivity index (χ3v) is 3.39. The highest BCUT2D eigenvalue weighted by molar-refractivity contribution is 7.09. The molecule has 2 aromatic heterocycles. The molecule has 0 aromatic carbocycles. The van der Waals surface area contributed by atoms with Crippen molar-refractivity contribution in [1.29, 1.82) is 0 Å². The molecule has 4 nitrogen and oxygen atoms in total. The third-order valence-electron chi connectivity index (χ3n) is 2.56. The molecule has 0 saturated carbocycles. The predicted octanol–water partition coefficient (Wildman–Crippen LogP) is 2.16. The van der Waals surface area contributed by atoms with E-state index in [0.29, 0.717) is 6.42 Å². The molecule has 0 saturated heterocycles. The molecular formula is C12H16N4S. The highest BCUT2D eigenvalue weighted by Gasteiger charge is 2.08. The van der Waals surface area contributed by atoms with E-state index in [-0.39, 0.29) is 6.04 Å². The van der Waals surface area contributed by atoms with Crippen molar-refractivity contribution in [2.24, 2.45) is 5.73 Å². The van der Waals surface area contributed by atoms with Gasteiger partial charge in [0.25, 0.3) is 0 Å². The van der Waals surface area contributed by atoms with Crippen LogP contribution in [0.5, 0.6) is 0 Å². The summed E-state index contributed by atoms with van der Waals surface area (Å²) in [7, 11) is 0.